The first kappa shape index (κ1) is 8.75. The van der Waals surface area contributed by atoms with Crippen LogP contribution in [0, 0.1) is 0 Å². The summed E-state index contributed by atoms with van der Waals surface area (Å²) < 4.78 is 10.9. The molecule has 2 nitrogen and oxygen atoms in total. The Labute approximate surface area is 68.2 Å². The lowest BCUT2D eigenvalue weighted by Gasteiger charge is -2.24. The normalized spacial score (nSPS) is 27.9. The first-order valence-electron chi connectivity index (χ1n) is 4.22. The molecule has 1 fully saturated rings. The molecule has 1 aliphatic heterocycles. The molecule has 0 aromatic heterocycles. The zero-order valence-electron chi connectivity index (χ0n) is 7.08. The fourth-order valence-corrected chi connectivity index (χ4v) is 1.11. The summed E-state index contributed by atoms with van der Waals surface area (Å²) in [6, 6.07) is 0. The lowest BCUT2D eigenvalue weighted by Crippen LogP contribution is -2.25. The maximum absolute atomic E-state index is 5.50. The lowest BCUT2D eigenvalue weighted by atomic mass is 10.2. The first-order chi connectivity index (χ1) is 5.33. The third-order valence-corrected chi connectivity index (χ3v) is 1.84. The lowest BCUT2D eigenvalue weighted by molar-refractivity contribution is -0.174. The number of rotatable bonds is 3. The minimum atomic E-state index is 0.0109. The SMILES string of the molecule is C=C[C@H](C)OC1CCCCO1. The fraction of sp³-hybridized carbons (Fsp3) is 0.778. The second-order valence-corrected chi connectivity index (χ2v) is 2.87. The van der Waals surface area contributed by atoms with Crippen molar-refractivity contribution < 1.29 is 9.47 Å². The molecule has 0 aromatic rings. The monoisotopic (exact) mass is 156 g/mol. The van der Waals surface area contributed by atoms with Gasteiger partial charge in [-0.3, -0.25) is 0 Å². The predicted molar refractivity (Wildman–Crippen MR) is 44.3 cm³/mol. The molecule has 1 saturated heterocycles. The molecule has 1 heterocycles. The van der Waals surface area contributed by atoms with Crippen molar-refractivity contribution in [1.29, 1.82) is 0 Å². The van der Waals surface area contributed by atoms with Gasteiger partial charge in [-0.25, -0.2) is 0 Å². The van der Waals surface area contributed by atoms with E-state index in [1.54, 1.807) is 6.08 Å². The van der Waals surface area contributed by atoms with Crippen LogP contribution in [0.2, 0.25) is 0 Å². The van der Waals surface area contributed by atoms with Crippen LogP contribution in [-0.4, -0.2) is 19.0 Å². The van der Waals surface area contributed by atoms with Crippen molar-refractivity contribution in [1.82, 2.24) is 0 Å². The van der Waals surface area contributed by atoms with E-state index < -0.39 is 0 Å². The van der Waals surface area contributed by atoms with Crippen molar-refractivity contribution in [2.45, 2.75) is 38.6 Å². The van der Waals surface area contributed by atoms with E-state index in [4.69, 9.17) is 9.47 Å². The molecular formula is C9H16O2. The molecule has 0 bridgehead atoms. The first-order valence-corrected chi connectivity index (χ1v) is 4.22. The average molecular weight is 156 g/mol. The smallest absolute Gasteiger partial charge is 0.158 e. The summed E-state index contributed by atoms with van der Waals surface area (Å²) in [6.45, 7) is 6.46. The summed E-state index contributed by atoms with van der Waals surface area (Å²) in [5, 5.41) is 0. The number of hydrogen-bond donors (Lipinski definition) is 0. The Balaban J connectivity index is 2.18. The van der Waals surface area contributed by atoms with Gasteiger partial charge in [0.1, 0.15) is 0 Å². The van der Waals surface area contributed by atoms with Crippen molar-refractivity contribution in [2.24, 2.45) is 0 Å². The largest absolute Gasteiger partial charge is 0.353 e. The van der Waals surface area contributed by atoms with Gasteiger partial charge in [0, 0.05) is 6.61 Å². The Morgan fingerprint density at radius 2 is 2.45 bits per heavy atom. The molecule has 1 unspecified atom stereocenters. The van der Waals surface area contributed by atoms with E-state index >= 15 is 0 Å². The summed E-state index contributed by atoms with van der Waals surface area (Å²) in [6.07, 6.45) is 5.32. The van der Waals surface area contributed by atoms with Gasteiger partial charge in [-0.05, 0) is 26.2 Å². The van der Waals surface area contributed by atoms with Crippen LogP contribution in [0.1, 0.15) is 26.2 Å². The highest BCUT2D eigenvalue weighted by molar-refractivity contribution is 4.75. The van der Waals surface area contributed by atoms with Crippen LogP contribution in [0.25, 0.3) is 0 Å². The van der Waals surface area contributed by atoms with Crippen LogP contribution >= 0.6 is 0 Å². The Kier molecular flexibility index (Phi) is 3.60. The van der Waals surface area contributed by atoms with Crippen molar-refractivity contribution in [3.05, 3.63) is 12.7 Å². The van der Waals surface area contributed by atoms with E-state index in [9.17, 15) is 0 Å². The molecule has 64 valence electrons. The van der Waals surface area contributed by atoms with Gasteiger partial charge in [0.2, 0.25) is 0 Å². The van der Waals surface area contributed by atoms with E-state index in [0.29, 0.717) is 0 Å². The molecule has 2 heteroatoms. The number of hydrogen-bond acceptors (Lipinski definition) is 2. The highest BCUT2D eigenvalue weighted by Crippen LogP contribution is 2.15. The molecule has 0 aliphatic carbocycles. The predicted octanol–water partition coefficient (Wildman–Crippen LogP) is 2.10. The molecule has 0 saturated carbocycles. The summed E-state index contributed by atoms with van der Waals surface area (Å²) in [7, 11) is 0. The van der Waals surface area contributed by atoms with Crippen molar-refractivity contribution >= 4 is 0 Å². The molecule has 0 aromatic carbocycles. The zero-order chi connectivity index (χ0) is 8.10. The van der Waals surface area contributed by atoms with E-state index in [2.05, 4.69) is 6.58 Å². The van der Waals surface area contributed by atoms with Crippen LogP contribution in [0.3, 0.4) is 0 Å². The third kappa shape index (κ3) is 3.04. The Morgan fingerprint density at radius 3 is 3.00 bits per heavy atom. The van der Waals surface area contributed by atoms with Gasteiger partial charge in [-0.1, -0.05) is 6.08 Å². The summed E-state index contributed by atoms with van der Waals surface area (Å²) >= 11 is 0. The van der Waals surface area contributed by atoms with Crippen LogP contribution in [0.4, 0.5) is 0 Å². The van der Waals surface area contributed by atoms with Crippen LogP contribution in [0.15, 0.2) is 12.7 Å². The van der Waals surface area contributed by atoms with Gasteiger partial charge in [-0.15, -0.1) is 6.58 Å². The van der Waals surface area contributed by atoms with Crippen molar-refractivity contribution in [3.8, 4) is 0 Å². The highest BCUT2D eigenvalue weighted by Gasteiger charge is 2.15. The van der Waals surface area contributed by atoms with Crippen LogP contribution in [0.5, 0.6) is 0 Å². The third-order valence-electron chi connectivity index (χ3n) is 1.84. The highest BCUT2D eigenvalue weighted by atomic mass is 16.7. The van der Waals surface area contributed by atoms with Crippen molar-refractivity contribution in [3.63, 3.8) is 0 Å². The van der Waals surface area contributed by atoms with E-state index in [1.165, 1.54) is 12.8 Å². The van der Waals surface area contributed by atoms with E-state index in [1.807, 2.05) is 6.92 Å². The van der Waals surface area contributed by atoms with E-state index in [0.717, 1.165) is 13.0 Å². The van der Waals surface area contributed by atoms with Gasteiger partial charge in [0.05, 0.1) is 6.10 Å². The van der Waals surface area contributed by atoms with E-state index in [-0.39, 0.29) is 12.4 Å². The van der Waals surface area contributed by atoms with Crippen molar-refractivity contribution in [2.75, 3.05) is 6.61 Å². The quantitative estimate of drug-likeness (QED) is 0.582. The minimum absolute atomic E-state index is 0.0109. The van der Waals surface area contributed by atoms with Gasteiger partial charge < -0.3 is 9.47 Å². The molecule has 2 atom stereocenters. The summed E-state index contributed by atoms with van der Waals surface area (Å²) in [5.41, 5.74) is 0. The number of ether oxygens (including phenoxy) is 2. The molecule has 0 amide bonds. The van der Waals surface area contributed by atoms with Gasteiger partial charge in [0.15, 0.2) is 6.29 Å². The van der Waals surface area contributed by atoms with Gasteiger partial charge >= 0.3 is 0 Å². The Bertz CT molecular complexity index is 117. The van der Waals surface area contributed by atoms with Crippen LogP contribution in [-0.2, 0) is 9.47 Å². The molecule has 11 heavy (non-hydrogen) atoms. The second kappa shape index (κ2) is 4.52. The molecule has 0 spiro atoms. The maximum Gasteiger partial charge on any atom is 0.158 e. The van der Waals surface area contributed by atoms with Gasteiger partial charge in [0.25, 0.3) is 0 Å². The molecule has 0 N–H and O–H groups in total. The summed E-state index contributed by atoms with van der Waals surface area (Å²) in [5.74, 6) is 0. The van der Waals surface area contributed by atoms with Crippen LogP contribution < -0.4 is 0 Å². The molecule has 0 radical (unpaired) electrons. The molecular weight excluding hydrogens is 140 g/mol. The second-order valence-electron chi connectivity index (χ2n) is 2.87. The maximum atomic E-state index is 5.50. The Hall–Kier alpha value is -0.340. The Morgan fingerprint density at radius 1 is 1.64 bits per heavy atom. The summed E-state index contributed by atoms with van der Waals surface area (Å²) in [4.78, 5) is 0. The fourth-order valence-electron chi connectivity index (χ4n) is 1.11. The average Bonchev–Trinajstić information content (AvgIpc) is 2.06. The molecule has 1 aliphatic rings. The minimum Gasteiger partial charge on any atom is -0.353 e. The van der Waals surface area contributed by atoms with Gasteiger partial charge in [-0.2, -0.15) is 0 Å². The standard InChI is InChI=1S/C9H16O2/c1-3-8(2)11-9-6-4-5-7-10-9/h3,8-9H,1,4-7H2,2H3/t8-,9?/m0/s1. The zero-order valence-corrected chi connectivity index (χ0v) is 7.08. The topological polar surface area (TPSA) is 18.5 Å². The molecule has 1 rings (SSSR count).